The SMILES string of the molecule is CCCOc1ccc(NC(=O)c2nc(OCC)ccc2Cl)cc1OCCC. The first-order valence-electron chi connectivity index (χ1n) is 9.09. The fraction of sp³-hybridized carbons (Fsp3) is 0.400. The van der Waals surface area contributed by atoms with Crippen LogP contribution in [0, 0.1) is 0 Å². The largest absolute Gasteiger partial charge is 0.490 e. The van der Waals surface area contributed by atoms with E-state index in [-0.39, 0.29) is 10.7 Å². The van der Waals surface area contributed by atoms with Gasteiger partial charge in [0.1, 0.15) is 0 Å². The summed E-state index contributed by atoms with van der Waals surface area (Å²) in [5.41, 5.74) is 0.666. The van der Waals surface area contributed by atoms with Crippen LogP contribution in [0.4, 0.5) is 5.69 Å². The van der Waals surface area contributed by atoms with Crippen molar-refractivity contribution in [2.45, 2.75) is 33.6 Å². The zero-order valence-corrected chi connectivity index (χ0v) is 16.6. The molecule has 1 N–H and O–H groups in total. The number of carbonyl (C=O) groups excluding carboxylic acids is 1. The fourth-order valence-corrected chi connectivity index (χ4v) is 2.44. The highest BCUT2D eigenvalue weighted by Crippen LogP contribution is 2.31. The number of aromatic nitrogens is 1. The standard InChI is InChI=1S/C20H25ClN2O4/c1-4-11-26-16-9-7-14(13-17(16)27-12-5-2)22-20(24)19-15(21)8-10-18(23-19)25-6-3/h7-10,13H,4-6,11-12H2,1-3H3,(H,22,24). The molecule has 0 aliphatic heterocycles. The third-order valence-electron chi connectivity index (χ3n) is 3.45. The van der Waals surface area contributed by atoms with E-state index in [9.17, 15) is 4.79 Å². The van der Waals surface area contributed by atoms with Gasteiger partial charge in [-0.25, -0.2) is 4.98 Å². The summed E-state index contributed by atoms with van der Waals surface area (Å²) in [7, 11) is 0. The van der Waals surface area contributed by atoms with Crippen LogP contribution in [0.5, 0.6) is 17.4 Å². The maximum atomic E-state index is 12.6. The Labute approximate surface area is 164 Å². The van der Waals surface area contributed by atoms with E-state index in [1.54, 1.807) is 30.3 Å². The number of carbonyl (C=O) groups is 1. The van der Waals surface area contributed by atoms with Crippen molar-refractivity contribution in [3.05, 3.63) is 41.0 Å². The molecule has 0 atom stereocenters. The number of nitrogens with zero attached hydrogens (tertiary/aromatic N) is 1. The number of anilines is 1. The Morgan fingerprint density at radius 3 is 2.37 bits per heavy atom. The Hall–Kier alpha value is -2.47. The summed E-state index contributed by atoms with van der Waals surface area (Å²) in [6.45, 7) is 7.51. The van der Waals surface area contributed by atoms with Gasteiger partial charge in [0, 0.05) is 17.8 Å². The zero-order chi connectivity index (χ0) is 19.6. The van der Waals surface area contributed by atoms with Gasteiger partial charge in [-0.05, 0) is 38.0 Å². The molecule has 2 aromatic rings. The van der Waals surface area contributed by atoms with Crippen molar-refractivity contribution in [1.29, 1.82) is 0 Å². The van der Waals surface area contributed by atoms with Gasteiger partial charge < -0.3 is 19.5 Å². The predicted molar refractivity (Wildman–Crippen MR) is 106 cm³/mol. The molecule has 0 saturated heterocycles. The van der Waals surface area contributed by atoms with Crippen LogP contribution in [-0.2, 0) is 0 Å². The van der Waals surface area contributed by atoms with Crippen LogP contribution in [0.2, 0.25) is 5.02 Å². The first kappa shape index (κ1) is 20.8. The van der Waals surface area contributed by atoms with Gasteiger partial charge in [-0.15, -0.1) is 0 Å². The lowest BCUT2D eigenvalue weighted by molar-refractivity contribution is 0.102. The van der Waals surface area contributed by atoms with Gasteiger partial charge in [-0.3, -0.25) is 4.79 Å². The summed E-state index contributed by atoms with van der Waals surface area (Å²) in [5.74, 6) is 1.16. The van der Waals surface area contributed by atoms with E-state index >= 15 is 0 Å². The predicted octanol–water partition coefficient (Wildman–Crippen LogP) is 4.96. The number of rotatable bonds is 10. The molecular formula is C20H25ClN2O4. The van der Waals surface area contributed by atoms with Crippen molar-refractivity contribution in [2.75, 3.05) is 25.1 Å². The Balaban J connectivity index is 2.20. The number of hydrogen-bond donors (Lipinski definition) is 1. The monoisotopic (exact) mass is 392 g/mol. The van der Waals surface area contributed by atoms with E-state index < -0.39 is 5.91 Å². The summed E-state index contributed by atoms with van der Waals surface area (Å²) >= 11 is 6.12. The van der Waals surface area contributed by atoms with Crippen LogP contribution >= 0.6 is 11.6 Å². The number of ether oxygens (including phenoxy) is 3. The summed E-state index contributed by atoms with van der Waals surface area (Å²) in [4.78, 5) is 16.8. The topological polar surface area (TPSA) is 69.7 Å². The third-order valence-corrected chi connectivity index (χ3v) is 3.76. The van der Waals surface area contributed by atoms with Crippen LogP contribution in [0.3, 0.4) is 0 Å². The van der Waals surface area contributed by atoms with Crippen molar-refractivity contribution >= 4 is 23.2 Å². The van der Waals surface area contributed by atoms with Crippen LogP contribution in [-0.4, -0.2) is 30.7 Å². The maximum Gasteiger partial charge on any atom is 0.275 e. The number of halogens is 1. The molecule has 1 heterocycles. The molecule has 7 heteroatoms. The summed E-state index contributed by atoms with van der Waals surface area (Å²) in [6, 6.07) is 8.48. The van der Waals surface area contributed by atoms with Gasteiger partial charge in [-0.1, -0.05) is 25.4 Å². The maximum absolute atomic E-state index is 12.6. The molecule has 2 rings (SSSR count). The normalized spacial score (nSPS) is 10.4. The number of benzene rings is 1. The van der Waals surface area contributed by atoms with E-state index in [0.29, 0.717) is 42.9 Å². The molecule has 1 amide bonds. The van der Waals surface area contributed by atoms with Crippen molar-refractivity contribution in [3.8, 4) is 17.4 Å². The van der Waals surface area contributed by atoms with Crippen LogP contribution in [0.15, 0.2) is 30.3 Å². The number of hydrogen-bond acceptors (Lipinski definition) is 5. The van der Waals surface area contributed by atoms with Crippen molar-refractivity contribution in [3.63, 3.8) is 0 Å². The second kappa shape index (κ2) is 10.6. The smallest absolute Gasteiger partial charge is 0.275 e. The van der Waals surface area contributed by atoms with Crippen molar-refractivity contribution < 1.29 is 19.0 Å². The minimum atomic E-state index is -0.426. The molecule has 0 spiro atoms. The second-order valence-corrected chi connectivity index (χ2v) is 6.13. The molecule has 1 aromatic carbocycles. The van der Waals surface area contributed by atoms with E-state index in [0.717, 1.165) is 12.8 Å². The van der Waals surface area contributed by atoms with Crippen LogP contribution in [0.1, 0.15) is 44.1 Å². The quantitative estimate of drug-likeness (QED) is 0.618. The molecule has 0 radical (unpaired) electrons. The fourth-order valence-electron chi connectivity index (χ4n) is 2.24. The number of pyridine rings is 1. The van der Waals surface area contributed by atoms with Gasteiger partial charge in [0.15, 0.2) is 17.2 Å². The number of nitrogens with one attached hydrogen (secondary N) is 1. The van der Waals surface area contributed by atoms with Crippen LogP contribution < -0.4 is 19.5 Å². The highest BCUT2D eigenvalue weighted by Gasteiger charge is 2.15. The molecule has 0 unspecified atom stereocenters. The molecule has 6 nitrogen and oxygen atoms in total. The summed E-state index contributed by atoms with van der Waals surface area (Å²) < 4.78 is 16.8. The average molecular weight is 393 g/mol. The van der Waals surface area contributed by atoms with E-state index in [4.69, 9.17) is 25.8 Å². The van der Waals surface area contributed by atoms with Gasteiger partial charge >= 0.3 is 0 Å². The Morgan fingerprint density at radius 2 is 1.70 bits per heavy atom. The third kappa shape index (κ3) is 6.03. The summed E-state index contributed by atoms with van der Waals surface area (Å²) in [6.07, 6.45) is 1.76. The molecular weight excluding hydrogens is 368 g/mol. The molecule has 0 aliphatic carbocycles. The van der Waals surface area contributed by atoms with E-state index in [1.807, 2.05) is 20.8 Å². The van der Waals surface area contributed by atoms with Crippen molar-refractivity contribution in [1.82, 2.24) is 4.98 Å². The Morgan fingerprint density at radius 1 is 1.00 bits per heavy atom. The Kier molecular flexibility index (Phi) is 8.20. The first-order chi connectivity index (χ1) is 13.1. The van der Waals surface area contributed by atoms with Gasteiger partial charge in [0.2, 0.25) is 5.88 Å². The van der Waals surface area contributed by atoms with Gasteiger partial charge in [0.25, 0.3) is 5.91 Å². The average Bonchev–Trinajstić information content (AvgIpc) is 2.67. The lowest BCUT2D eigenvalue weighted by Gasteiger charge is -2.14. The number of amides is 1. The highest BCUT2D eigenvalue weighted by atomic mass is 35.5. The highest BCUT2D eigenvalue weighted by molar-refractivity contribution is 6.34. The van der Waals surface area contributed by atoms with Crippen LogP contribution in [0.25, 0.3) is 0 Å². The lowest BCUT2D eigenvalue weighted by atomic mass is 10.2. The van der Waals surface area contributed by atoms with E-state index in [1.165, 1.54) is 0 Å². The van der Waals surface area contributed by atoms with Crippen molar-refractivity contribution in [2.24, 2.45) is 0 Å². The lowest BCUT2D eigenvalue weighted by Crippen LogP contribution is -2.15. The molecule has 0 saturated carbocycles. The van der Waals surface area contributed by atoms with Gasteiger partial charge in [-0.2, -0.15) is 0 Å². The second-order valence-electron chi connectivity index (χ2n) is 5.73. The zero-order valence-electron chi connectivity index (χ0n) is 15.9. The van der Waals surface area contributed by atoms with Gasteiger partial charge in [0.05, 0.1) is 24.8 Å². The first-order valence-corrected chi connectivity index (χ1v) is 9.47. The molecule has 146 valence electrons. The molecule has 27 heavy (non-hydrogen) atoms. The minimum absolute atomic E-state index is 0.102. The molecule has 0 fully saturated rings. The Bertz CT molecular complexity index is 768. The molecule has 1 aromatic heterocycles. The summed E-state index contributed by atoms with van der Waals surface area (Å²) in [5, 5.41) is 3.04. The minimum Gasteiger partial charge on any atom is -0.490 e. The van der Waals surface area contributed by atoms with E-state index in [2.05, 4.69) is 10.3 Å². The molecule has 0 bridgehead atoms. The molecule has 0 aliphatic rings.